The van der Waals surface area contributed by atoms with E-state index in [1.54, 1.807) is 0 Å². The van der Waals surface area contributed by atoms with Gasteiger partial charge in [0.1, 0.15) is 5.82 Å². The molecule has 0 amide bonds. The van der Waals surface area contributed by atoms with E-state index >= 15 is 0 Å². The van der Waals surface area contributed by atoms with Gasteiger partial charge in [-0.05, 0) is 12.1 Å². The van der Waals surface area contributed by atoms with Gasteiger partial charge in [0.05, 0.1) is 0 Å². The minimum absolute atomic E-state index is 0.0148. The van der Waals surface area contributed by atoms with Gasteiger partial charge in [0.15, 0.2) is 0 Å². The summed E-state index contributed by atoms with van der Waals surface area (Å²) in [6, 6.07) is 3.76. The second-order valence-electron chi connectivity index (χ2n) is 2.64. The Kier molecular flexibility index (Phi) is 3.52. The molecular weight excluding hydrogens is 217 g/mol. The molecule has 0 unspecified atom stereocenters. The Morgan fingerprint density at radius 2 is 2.07 bits per heavy atom. The number of halogens is 4. The lowest BCUT2D eigenvalue weighted by molar-refractivity contribution is -0.128. The number of benzene rings is 1. The molecule has 0 aliphatic heterocycles. The number of hydrogen-bond donors (Lipinski definition) is 0. The topological polar surface area (TPSA) is 17.1 Å². The summed E-state index contributed by atoms with van der Waals surface area (Å²) >= 11 is 5.54. The molecule has 0 bridgehead atoms. The van der Waals surface area contributed by atoms with Crippen molar-refractivity contribution in [2.45, 2.75) is 12.8 Å². The molecule has 0 saturated heterocycles. The number of rotatable bonds is 3. The highest BCUT2D eigenvalue weighted by molar-refractivity contribution is 6.31. The van der Waals surface area contributed by atoms with Crippen molar-refractivity contribution in [1.29, 1.82) is 0 Å². The minimum Gasteiger partial charge on any atom is -0.293 e. The van der Waals surface area contributed by atoms with Crippen LogP contribution in [-0.2, 0) is 11.2 Å². The fraction of sp³-hybridized carbons (Fsp3) is 0.222. The zero-order valence-corrected chi connectivity index (χ0v) is 7.69. The van der Waals surface area contributed by atoms with E-state index in [1.807, 2.05) is 0 Å². The van der Waals surface area contributed by atoms with Crippen molar-refractivity contribution in [2.75, 3.05) is 0 Å². The van der Waals surface area contributed by atoms with E-state index in [9.17, 15) is 18.0 Å². The highest BCUT2D eigenvalue weighted by atomic mass is 35.5. The Morgan fingerprint density at radius 1 is 1.43 bits per heavy atom. The lowest BCUT2D eigenvalue weighted by Gasteiger charge is -2.03. The Hall–Kier alpha value is -1.03. The predicted octanol–water partition coefficient (Wildman–Crippen LogP) is 2.86. The van der Waals surface area contributed by atoms with Crippen LogP contribution >= 0.6 is 11.6 Å². The molecule has 0 atom stereocenters. The maximum atomic E-state index is 13.0. The van der Waals surface area contributed by atoms with E-state index in [-0.39, 0.29) is 10.6 Å². The van der Waals surface area contributed by atoms with Crippen LogP contribution in [0.1, 0.15) is 5.56 Å². The van der Waals surface area contributed by atoms with Crippen LogP contribution in [0, 0.1) is 5.82 Å². The summed E-state index contributed by atoms with van der Waals surface area (Å²) < 4.78 is 36.7. The Balaban J connectivity index is 2.91. The van der Waals surface area contributed by atoms with Crippen LogP contribution in [0.15, 0.2) is 18.2 Å². The van der Waals surface area contributed by atoms with Crippen molar-refractivity contribution in [3.8, 4) is 0 Å². The van der Waals surface area contributed by atoms with Gasteiger partial charge < -0.3 is 0 Å². The first-order valence-corrected chi connectivity index (χ1v) is 4.14. The molecule has 0 saturated carbocycles. The fourth-order valence-corrected chi connectivity index (χ4v) is 1.18. The third-order valence-corrected chi connectivity index (χ3v) is 2.01. The van der Waals surface area contributed by atoms with Gasteiger partial charge in [0, 0.05) is 17.0 Å². The van der Waals surface area contributed by atoms with Gasteiger partial charge in [0.25, 0.3) is 6.43 Å². The molecule has 1 aromatic carbocycles. The zero-order valence-electron chi connectivity index (χ0n) is 6.94. The van der Waals surface area contributed by atoms with Gasteiger partial charge in [-0.3, -0.25) is 4.79 Å². The molecule has 5 heteroatoms. The average molecular weight is 223 g/mol. The normalized spacial score (nSPS) is 10.6. The largest absolute Gasteiger partial charge is 0.296 e. The molecule has 0 heterocycles. The van der Waals surface area contributed by atoms with E-state index in [4.69, 9.17) is 11.6 Å². The first kappa shape index (κ1) is 11.0. The molecule has 1 rings (SSSR count). The van der Waals surface area contributed by atoms with Crippen LogP contribution in [0.3, 0.4) is 0 Å². The third-order valence-electron chi connectivity index (χ3n) is 1.66. The number of carbonyl (C=O) groups is 1. The molecule has 14 heavy (non-hydrogen) atoms. The first-order valence-electron chi connectivity index (χ1n) is 3.76. The third kappa shape index (κ3) is 2.48. The quantitative estimate of drug-likeness (QED) is 0.769. The summed E-state index contributed by atoms with van der Waals surface area (Å²) in [4.78, 5) is 10.6. The molecule has 76 valence electrons. The Morgan fingerprint density at radius 3 is 2.57 bits per heavy atom. The zero-order chi connectivity index (χ0) is 10.7. The molecule has 0 spiro atoms. The molecule has 0 N–H and O–H groups in total. The minimum atomic E-state index is -3.09. The summed E-state index contributed by atoms with van der Waals surface area (Å²) in [5.74, 6) is -2.08. The van der Waals surface area contributed by atoms with Crippen molar-refractivity contribution in [3.05, 3.63) is 34.6 Å². The summed E-state index contributed by atoms with van der Waals surface area (Å²) in [7, 11) is 0. The Bertz CT molecular complexity index is 332. The first-order chi connectivity index (χ1) is 6.52. The lowest BCUT2D eigenvalue weighted by Crippen LogP contribution is -2.14. The van der Waals surface area contributed by atoms with E-state index < -0.39 is 24.4 Å². The van der Waals surface area contributed by atoms with Gasteiger partial charge in [-0.1, -0.05) is 17.7 Å². The standard InChI is InChI=1S/C9H6ClF3O/c10-6-2-1-3-7(11)5(6)4-8(14)9(12)13/h1-3,9H,4H2. The smallest absolute Gasteiger partial charge is 0.293 e. The van der Waals surface area contributed by atoms with Crippen molar-refractivity contribution in [1.82, 2.24) is 0 Å². The van der Waals surface area contributed by atoms with Crippen molar-refractivity contribution >= 4 is 17.4 Å². The van der Waals surface area contributed by atoms with Crippen LogP contribution < -0.4 is 0 Å². The van der Waals surface area contributed by atoms with Crippen molar-refractivity contribution < 1.29 is 18.0 Å². The van der Waals surface area contributed by atoms with Crippen LogP contribution in [0.4, 0.5) is 13.2 Å². The van der Waals surface area contributed by atoms with E-state index in [1.165, 1.54) is 12.1 Å². The van der Waals surface area contributed by atoms with Crippen LogP contribution in [0.25, 0.3) is 0 Å². The van der Waals surface area contributed by atoms with E-state index in [2.05, 4.69) is 0 Å². The second kappa shape index (κ2) is 4.46. The summed E-state index contributed by atoms with van der Waals surface area (Å²) in [5, 5.41) is -0.0148. The number of hydrogen-bond acceptors (Lipinski definition) is 1. The molecule has 0 fully saturated rings. The molecule has 1 nitrogen and oxygen atoms in total. The Labute approximate surface area is 83.5 Å². The molecule has 1 aromatic rings. The maximum Gasteiger partial charge on any atom is 0.296 e. The van der Waals surface area contributed by atoms with Gasteiger partial charge in [-0.15, -0.1) is 0 Å². The van der Waals surface area contributed by atoms with E-state index in [0.29, 0.717) is 0 Å². The molecular formula is C9H6ClF3O. The average Bonchev–Trinajstić information content (AvgIpc) is 2.11. The number of carbonyl (C=O) groups excluding carboxylic acids is 1. The summed E-state index contributed by atoms with van der Waals surface area (Å²) in [6.07, 6.45) is -3.77. The van der Waals surface area contributed by atoms with Gasteiger partial charge in [-0.2, -0.15) is 0 Å². The summed E-state index contributed by atoms with van der Waals surface area (Å²) in [5.41, 5.74) is -0.181. The molecule has 0 radical (unpaired) electrons. The van der Waals surface area contributed by atoms with E-state index in [0.717, 1.165) is 6.07 Å². The maximum absolute atomic E-state index is 13.0. The number of Topliss-reactive ketones (excluding diaryl/α,β-unsaturated/α-hetero) is 1. The van der Waals surface area contributed by atoms with Crippen LogP contribution in [-0.4, -0.2) is 12.2 Å². The predicted molar refractivity (Wildman–Crippen MR) is 46.1 cm³/mol. The fourth-order valence-electron chi connectivity index (χ4n) is 0.953. The molecule has 0 aliphatic carbocycles. The SMILES string of the molecule is O=C(Cc1c(F)cccc1Cl)C(F)F. The number of alkyl halides is 2. The number of ketones is 1. The van der Waals surface area contributed by atoms with Crippen LogP contribution in [0.2, 0.25) is 5.02 Å². The van der Waals surface area contributed by atoms with Gasteiger partial charge in [-0.25, -0.2) is 13.2 Å². The van der Waals surface area contributed by atoms with Gasteiger partial charge >= 0.3 is 0 Å². The highest BCUT2D eigenvalue weighted by Gasteiger charge is 2.19. The van der Waals surface area contributed by atoms with Crippen LogP contribution in [0.5, 0.6) is 0 Å². The monoisotopic (exact) mass is 222 g/mol. The summed E-state index contributed by atoms with van der Waals surface area (Å²) in [6.45, 7) is 0. The second-order valence-corrected chi connectivity index (χ2v) is 3.05. The van der Waals surface area contributed by atoms with Crippen molar-refractivity contribution in [3.63, 3.8) is 0 Å². The van der Waals surface area contributed by atoms with Crippen molar-refractivity contribution in [2.24, 2.45) is 0 Å². The highest BCUT2D eigenvalue weighted by Crippen LogP contribution is 2.20. The lowest BCUT2D eigenvalue weighted by atomic mass is 10.1. The molecule has 0 aliphatic rings. The molecule has 0 aromatic heterocycles. The van der Waals surface area contributed by atoms with Gasteiger partial charge in [0.2, 0.25) is 5.78 Å².